The van der Waals surface area contributed by atoms with E-state index in [-0.39, 0.29) is 0 Å². The average Bonchev–Trinajstić information content (AvgIpc) is 1.97. The molecule has 0 atom stereocenters. The van der Waals surface area contributed by atoms with Crippen LogP contribution in [0.15, 0.2) is 0 Å². The smallest absolute Gasteiger partial charge is 0.0794 e. The lowest BCUT2D eigenvalue weighted by molar-refractivity contribution is -0.890. The Morgan fingerprint density at radius 2 is 1.27 bits per heavy atom. The van der Waals surface area contributed by atoms with Gasteiger partial charge in [-0.2, -0.15) is 0 Å². The average molecular weight is 199 g/mol. The van der Waals surface area contributed by atoms with Crippen molar-refractivity contribution in [2.75, 3.05) is 38.9 Å². The molecule has 0 spiro atoms. The lowest BCUT2D eigenvalue weighted by atomic mass is 10.3. The Bertz CT molecular complexity index is 84.1. The van der Waals surface area contributed by atoms with E-state index in [1.807, 2.05) is 0 Å². The molecule has 0 bridgehead atoms. The fourth-order valence-corrected chi connectivity index (χ4v) is 1.33. The maximum atomic E-state index is 5.61. The van der Waals surface area contributed by atoms with E-state index in [9.17, 15) is 0 Å². The van der Waals surface area contributed by atoms with Crippen molar-refractivity contribution >= 4 is 23.2 Å². The standard InChI is InChI=1S/C8H18Cl2N/c1-11(2,7-3-5-9)8-4-6-10/h3-8H2,1-2H3/q+1. The van der Waals surface area contributed by atoms with Gasteiger partial charge in [-0.15, -0.1) is 23.2 Å². The predicted molar refractivity (Wildman–Crippen MR) is 52.5 cm³/mol. The normalized spacial score (nSPS) is 12.0. The SMILES string of the molecule is C[N+](C)(CCCCl)CCCCl. The monoisotopic (exact) mass is 198 g/mol. The maximum Gasteiger partial charge on any atom is 0.0794 e. The van der Waals surface area contributed by atoms with Crippen LogP contribution in [0.5, 0.6) is 0 Å². The van der Waals surface area contributed by atoms with Crippen molar-refractivity contribution in [2.45, 2.75) is 12.8 Å². The molecule has 3 heteroatoms. The molecule has 0 aliphatic rings. The Labute approximate surface area is 79.9 Å². The molecule has 0 aliphatic carbocycles. The Kier molecular flexibility index (Phi) is 6.40. The number of quaternary nitrogens is 1. The Morgan fingerprint density at radius 3 is 1.55 bits per heavy atom. The van der Waals surface area contributed by atoms with Crippen LogP contribution in [-0.4, -0.2) is 43.4 Å². The van der Waals surface area contributed by atoms with Crippen LogP contribution in [0.1, 0.15) is 12.8 Å². The van der Waals surface area contributed by atoms with Crippen molar-refractivity contribution < 1.29 is 4.48 Å². The largest absolute Gasteiger partial charge is 0.328 e. The van der Waals surface area contributed by atoms with Crippen molar-refractivity contribution in [1.82, 2.24) is 0 Å². The molecule has 0 unspecified atom stereocenters. The third-order valence-corrected chi connectivity index (χ3v) is 2.33. The number of rotatable bonds is 6. The van der Waals surface area contributed by atoms with Gasteiger partial charge in [0.15, 0.2) is 0 Å². The summed E-state index contributed by atoms with van der Waals surface area (Å²) in [4.78, 5) is 0. The van der Waals surface area contributed by atoms with Gasteiger partial charge in [-0.05, 0) is 0 Å². The molecule has 0 amide bonds. The summed E-state index contributed by atoms with van der Waals surface area (Å²) in [6.07, 6.45) is 2.19. The second-order valence-electron chi connectivity index (χ2n) is 3.47. The summed E-state index contributed by atoms with van der Waals surface area (Å²) in [6.45, 7) is 2.31. The number of nitrogens with zero attached hydrogens (tertiary/aromatic N) is 1. The van der Waals surface area contributed by atoms with Crippen molar-refractivity contribution in [3.63, 3.8) is 0 Å². The third-order valence-electron chi connectivity index (χ3n) is 1.79. The molecule has 0 rings (SSSR count). The van der Waals surface area contributed by atoms with Gasteiger partial charge in [0.05, 0.1) is 27.2 Å². The molecular formula is C8H18Cl2N+. The lowest BCUT2D eigenvalue weighted by Gasteiger charge is -2.29. The molecule has 0 radical (unpaired) electrons. The van der Waals surface area contributed by atoms with Crippen molar-refractivity contribution in [1.29, 1.82) is 0 Å². The van der Waals surface area contributed by atoms with Crippen LogP contribution in [0, 0.1) is 0 Å². The minimum absolute atomic E-state index is 0.766. The molecule has 0 aliphatic heterocycles. The molecule has 0 saturated heterocycles. The topological polar surface area (TPSA) is 0 Å². The van der Waals surface area contributed by atoms with Gasteiger partial charge in [-0.25, -0.2) is 0 Å². The van der Waals surface area contributed by atoms with E-state index in [1.54, 1.807) is 0 Å². The summed E-state index contributed by atoms with van der Waals surface area (Å²) in [7, 11) is 4.44. The van der Waals surface area contributed by atoms with Crippen LogP contribution in [0.3, 0.4) is 0 Å². The number of alkyl halides is 2. The van der Waals surface area contributed by atoms with E-state index in [4.69, 9.17) is 23.2 Å². The zero-order valence-corrected chi connectivity index (χ0v) is 8.96. The van der Waals surface area contributed by atoms with Crippen LogP contribution in [0.2, 0.25) is 0 Å². The highest BCUT2D eigenvalue weighted by Crippen LogP contribution is 2.02. The molecule has 0 aromatic rings. The first kappa shape index (κ1) is 11.5. The van der Waals surface area contributed by atoms with Gasteiger partial charge in [0.25, 0.3) is 0 Å². The maximum absolute atomic E-state index is 5.61. The first-order valence-electron chi connectivity index (χ1n) is 4.06. The molecule has 0 aromatic carbocycles. The van der Waals surface area contributed by atoms with E-state index in [0.717, 1.165) is 42.2 Å². The molecule has 0 N–H and O–H groups in total. The van der Waals surface area contributed by atoms with Gasteiger partial charge >= 0.3 is 0 Å². The highest BCUT2D eigenvalue weighted by atomic mass is 35.5. The molecule has 1 nitrogen and oxygen atoms in total. The molecule has 68 valence electrons. The summed E-state index contributed by atoms with van der Waals surface area (Å²) in [5, 5.41) is 0. The second kappa shape index (κ2) is 6.10. The summed E-state index contributed by atoms with van der Waals surface area (Å²) in [5.74, 6) is 1.53. The molecule has 0 aromatic heterocycles. The van der Waals surface area contributed by atoms with Gasteiger partial charge < -0.3 is 4.48 Å². The fourth-order valence-electron chi connectivity index (χ4n) is 1.09. The van der Waals surface area contributed by atoms with Gasteiger partial charge in [-0.1, -0.05) is 0 Å². The van der Waals surface area contributed by atoms with Crippen molar-refractivity contribution in [3.05, 3.63) is 0 Å². The number of hydrogen-bond donors (Lipinski definition) is 0. The van der Waals surface area contributed by atoms with Crippen molar-refractivity contribution in [2.24, 2.45) is 0 Å². The molecule has 0 saturated carbocycles. The summed E-state index contributed by atoms with van der Waals surface area (Å²) in [5.41, 5.74) is 0. The van der Waals surface area contributed by atoms with E-state index in [0.29, 0.717) is 0 Å². The Morgan fingerprint density at radius 1 is 0.909 bits per heavy atom. The van der Waals surface area contributed by atoms with Crippen LogP contribution in [0.4, 0.5) is 0 Å². The summed E-state index contributed by atoms with van der Waals surface area (Å²) >= 11 is 11.2. The van der Waals surface area contributed by atoms with E-state index in [2.05, 4.69) is 14.1 Å². The minimum atomic E-state index is 0.766. The van der Waals surface area contributed by atoms with Gasteiger partial charge in [0.1, 0.15) is 0 Å². The van der Waals surface area contributed by atoms with Gasteiger partial charge in [-0.3, -0.25) is 0 Å². The summed E-state index contributed by atoms with van der Waals surface area (Å²) < 4.78 is 1.04. The zero-order chi connectivity index (χ0) is 8.74. The van der Waals surface area contributed by atoms with Crippen LogP contribution >= 0.6 is 23.2 Å². The van der Waals surface area contributed by atoms with Gasteiger partial charge in [0, 0.05) is 24.6 Å². The molecule has 0 heterocycles. The minimum Gasteiger partial charge on any atom is -0.328 e. The zero-order valence-electron chi connectivity index (χ0n) is 7.45. The number of halogens is 2. The number of hydrogen-bond acceptors (Lipinski definition) is 0. The Balaban J connectivity index is 3.43. The fraction of sp³-hybridized carbons (Fsp3) is 1.00. The van der Waals surface area contributed by atoms with Crippen LogP contribution in [-0.2, 0) is 0 Å². The molecular weight excluding hydrogens is 181 g/mol. The predicted octanol–water partition coefficient (Wildman–Crippen LogP) is 2.32. The Hall–Kier alpha value is 0.540. The van der Waals surface area contributed by atoms with E-state index < -0.39 is 0 Å². The van der Waals surface area contributed by atoms with E-state index >= 15 is 0 Å². The van der Waals surface area contributed by atoms with Crippen LogP contribution < -0.4 is 0 Å². The van der Waals surface area contributed by atoms with E-state index in [1.165, 1.54) is 0 Å². The quantitative estimate of drug-likeness (QED) is 0.455. The third kappa shape index (κ3) is 6.92. The molecule has 11 heavy (non-hydrogen) atoms. The highest BCUT2D eigenvalue weighted by molar-refractivity contribution is 6.18. The van der Waals surface area contributed by atoms with Crippen molar-refractivity contribution in [3.8, 4) is 0 Å². The second-order valence-corrected chi connectivity index (χ2v) is 4.22. The first-order valence-corrected chi connectivity index (χ1v) is 5.13. The lowest BCUT2D eigenvalue weighted by Crippen LogP contribution is -2.41. The van der Waals surface area contributed by atoms with Crippen LogP contribution in [0.25, 0.3) is 0 Å². The first-order chi connectivity index (χ1) is 5.12. The summed E-state index contributed by atoms with van der Waals surface area (Å²) in [6, 6.07) is 0. The highest BCUT2D eigenvalue weighted by Gasteiger charge is 2.12. The molecule has 0 fully saturated rings. The van der Waals surface area contributed by atoms with Gasteiger partial charge in [0.2, 0.25) is 0 Å².